The minimum atomic E-state index is -0.430. The van der Waals surface area contributed by atoms with Crippen LogP contribution in [0.25, 0.3) is 6.08 Å². The minimum absolute atomic E-state index is 0.0898. The molecule has 0 aliphatic heterocycles. The minimum Gasteiger partial charge on any atom is -0.492 e. The molecule has 1 aromatic heterocycles. The summed E-state index contributed by atoms with van der Waals surface area (Å²) < 4.78 is 10.9. The van der Waals surface area contributed by atoms with E-state index in [0.29, 0.717) is 17.9 Å². The second kappa shape index (κ2) is 10.1. The summed E-state index contributed by atoms with van der Waals surface area (Å²) in [7, 11) is 0. The number of carbonyl (C=O) groups excluding carboxylic acids is 2. The van der Waals surface area contributed by atoms with Crippen molar-refractivity contribution in [1.82, 2.24) is 10.6 Å². The number of hydrogen-bond donors (Lipinski definition) is 2. The molecule has 154 valence electrons. The van der Waals surface area contributed by atoms with Gasteiger partial charge < -0.3 is 19.8 Å². The zero-order valence-electron chi connectivity index (χ0n) is 17.0. The summed E-state index contributed by atoms with van der Waals surface area (Å²) in [4.78, 5) is 25.3. The smallest absolute Gasteiger partial charge is 0.268 e. The van der Waals surface area contributed by atoms with Crippen molar-refractivity contribution in [3.63, 3.8) is 0 Å². The Hall–Kier alpha value is -3.80. The maximum Gasteiger partial charge on any atom is 0.268 e. The third kappa shape index (κ3) is 6.10. The molecule has 3 rings (SSSR count). The summed E-state index contributed by atoms with van der Waals surface area (Å²) >= 11 is 0. The van der Waals surface area contributed by atoms with Crippen LogP contribution in [0.2, 0.25) is 0 Å². The molecule has 0 saturated heterocycles. The lowest BCUT2D eigenvalue weighted by molar-refractivity contribution is -0.117. The number of furan rings is 1. The molecule has 0 fully saturated rings. The summed E-state index contributed by atoms with van der Waals surface area (Å²) in [6, 6.07) is 18.2. The summed E-state index contributed by atoms with van der Waals surface area (Å²) in [5, 5.41) is 5.43. The molecule has 30 heavy (non-hydrogen) atoms. The number of benzene rings is 2. The largest absolute Gasteiger partial charge is 0.492 e. The van der Waals surface area contributed by atoms with Gasteiger partial charge in [-0.15, -0.1) is 0 Å². The van der Waals surface area contributed by atoms with Gasteiger partial charge >= 0.3 is 0 Å². The van der Waals surface area contributed by atoms with Gasteiger partial charge in [0.05, 0.1) is 12.8 Å². The monoisotopic (exact) mass is 404 g/mol. The fourth-order valence-electron chi connectivity index (χ4n) is 2.79. The standard InChI is InChI=1S/C24H24N2O4/c1-17-6-3-8-19(14-17)23(27)26-22(16-21-10-5-12-29-21)24(28)25-11-13-30-20-9-4-7-18(2)15-20/h3-10,12,14-16H,11,13H2,1-2H3,(H,25,28)(H,26,27)/b22-16-. The average molecular weight is 404 g/mol. The molecule has 1 heterocycles. The van der Waals surface area contributed by atoms with Crippen LogP contribution in [0.5, 0.6) is 5.75 Å². The molecule has 0 unspecified atom stereocenters. The number of hydrogen-bond acceptors (Lipinski definition) is 4. The molecule has 0 aliphatic rings. The molecule has 2 N–H and O–H groups in total. The molecule has 0 atom stereocenters. The normalized spacial score (nSPS) is 11.1. The van der Waals surface area contributed by atoms with Crippen LogP contribution in [0.3, 0.4) is 0 Å². The van der Waals surface area contributed by atoms with E-state index in [9.17, 15) is 9.59 Å². The van der Waals surface area contributed by atoms with Gasteiger partial charge in [0.2, 0.25) is 0 Å². The van der Waals surface area contributed by atoms with Crippen molar-refractivity contribution in [2.24, 2.45) is 0 Å². The highest BCUT2D eigenvalue weighted by atomic mass is 16.5. The van der Waals surface area contributed by atoms with Crippen LogP contribution >= 0.6 is 0 Å². The Morgan fingerprint density at radius 1 is 1.00 bits per heavy atom. The van der Waals surface area contributed by atoms with E-state index in [1.165, 1.54) is 12.3 Å². The lowest BCUT2D eigenvalue weighted by atomic mass is 10.1. The van der Waals surface area contributed by atoms with Gasteiger partial charge in [-0.3, -0.25) is 9.59 Å². The topological polar surface area (TPSA) is 80.6 Å². The van der Waals surface area contributed by atoms with Crippen molar-refractivity contribution in [3.05, 3.63) is 95.1 Å². The van der Waals surface area contributed by atoms with Crippen LogP contribution in [-0.4, -0.2) is 25.0 Å². The lowest BCUT2D eigenvalue weighted by Gasteiger charge is -2.12. The summed E-state index contributed by atoms with van der Waals surface area (Å²) in [6.45, 7) is 4.46. The molecule has 0 saturated carbocycles. The summed E-state index contributed by atoms with van der Waals surface area (Å²) in [6.07, 6.45) is 2.99. The first-order valence-corrected chi connectivity index (χ1v) is 9.62. The number of rotatable bonds is 8. The molecule has 6 nitrogen and oxygen atoms in total. The lowest BCUT2D eigenvalue weighted by Crippen LogP contribution is -2.36. The predicted molar refractivity (Wildman–Crippen MR) is 115 cm³/mol. The van der Waals surface area contributed by atoms with Crippen molar-refractivity contribution < 1.29 is 18.7 Å². The highest BCUT2D eigenvalue weighted by molar-refractivity contribution is 6.05. The van der Waals surface area contributed by atoms with E-state index in [1.807, 2.05) is 44.2 Å². The van der Waals surface area contributed by atoms with Crippen LogP contribution in [-0.2, 0) is 4.79 Å². The van der Waals surface area contributed by atoms with Gasteiger partial charge in [-0.25, -0.2) is 0 Å². The van der Waals surface area contributed by atoms with Crippen LogP contribution < -0.4 is 15.4 Å². The molecule has 6 heteroatoms. The predicted octanol–water partition coefficient (Wildman–Crippen LogP) is 3.86. The van der Waals surface area contributed by atoms with E-state index in [0.717, 1.165) is 16.9 Å². The van der Waals surface area contributed by atoms with Crippen LogP contribution in [0.4, 0.5) is 0 Å². The number of ether oxygens (including phenoxy) is 1. The van der Waals surface area contributed by atoms with Gasteiger partial charge in [0, 0.05) is 11.6 Å². The van der Waals surface area contributed by atoms with Crippen molar-refractivity contribution in [2.75, 3.05) is 13.2 Å². The van der Waals surface area contributed by atoms with Crippen molar-refractivity contribution in [3.8, 4) is 5.75 Å². The van der Waals surface area contributed by atoms with Gasteiger partial charge in [-0.2, -0.15) is 0 Å². The first-order chi connectivity index (χ1) is 14.5. The Labute approximate surface area is 175 Å². The van der Waals surface area contributed by atoms with Crippen molar-refractivity contribution in [2.45, 2.75) is 13.8 Å². The highest BCUT2D eigenvalue weighted by Crippen LogP contribution is 2.12. The molecule has 2 aromatic carbocycles. The molecule has 0 radical (unpaired) electrons. The van der Waals surface area contributed by atoms with E-state index in [2.05, 4.69) is 10.6 Å². The van der Waals surface area contributed by atoms with E-state index < -0.39 is 5.91 Å². The molecule has 0 aliphatic carbocycles. The van der Waals surface area contributed by atoms with E-state index in [-0.39, 0.29) is 18.1 Å². The third-order valence-electron chi connectivity index (χ3n) is 4.25. The van der Waals surface area contributed by atoms with Crippen molar-refractivity contribution in [1.29, 1.82) is 0 Å². The summed E-state index contributed by atoms with van der Waals surface area (Å²) in [5.41, 5.74) is 2.61. The molecule has 2 amide bonds. The maximum absolute atomic E-state index is 12.7. The Balaban J connectivity index is 1.63. The fraction of sp³-hybridized carbons (Fsp3) is 0.167. The molecule has 3 aromatic rings. The molecular weight excluding hydrogens is 380 g/mol. The maximum atomic E-state index is 12.7. The van der Waals surface area contributed by atoms with Crippen molar-refractivity contribution >= 4 is 17.9 Å². The van der Waals surface area contributed by atoms with Crippen LogP contribution in [0.1, 0.15) is 27.2 Å². The number of amides is 2. The first kappa shape index (κ1) is 20.9. The van der Waals surface area contributed by atoms with E-state index >= 15 is 0 Å². The van der Waals surface area contributed by atoms with Gasteiger partial charge in [-0.1, -0.05) is 29.8 Å². The zero-order chi connectivity index (χ0) is 21.3. The number of nitrogens with one attached hydrogen (secondary N) is 2. The Bertz CT molecular complexity index is 1040. The van der Waals surface area contributed by atoms with Gasteiger partial charge in [0.15, 0.2) is 0 Å². The Morgan fingerprint density at radius 3 is 2.47 bits per heavy atom. The SMILES string of the molecule is Cc1cccc(OCCNC(=O)/C(=C/c2ccco2)NC(=O)c2cccc(C)c2)c1. The van der Waals surface area contributed by atoms with Gasteiger partial charge in [0.1, 0.15) is 23.8 Å². The zero-order valence-corrected chi connectivity index (χ0v) is 17.0. The molecule has 0 bridgehead atoms. The molecular formula is C24H24N2O4. The third-order valence-corrected chi connectivity index (χ3v) is 4.25. The second-order valence-electron chi connectivity index (χ2n) is 6.82. The van der Waals surface area contributed by atoms with E-state index in [1.54, 1.807) is 30.3 Å². The number of aryl methyl sites for hydroxylation is 2. The molecule has 0 spiro atoms. The Kier molecular flexibility index (Phi) is 7.05. The fourth-order valence-corrected chi connectivity index (χ4v) is 2.79. The average Bonchev–Trinajstić information content (AvgIpc) is 3.24. The van der Waals surface area contributed by atoms with Crippen LogP contribution in [0.15, 0.2) is 77.0 Å². The highest BCUT2D eigenvalue weighted by Gasteiger charge is 2.15. The van der Waals surface area contributed by atoms with Gasteiger partial charge in [-0.05, 0) is 55.8 Å². The Morgan fingerprint density at radius 2 is 1.77 bits per heavy atom. The summed E-state index contributed by atoms with van der Waals surface area (Å²) in [5.74, 6) is 0.395. The van der Waals surface area contributed by atoms with Crippen LogP contribution in [0, 0.1) is 13.8 Å². The quantitative estimate of drug-likeness (QED) is 0.441. The van der Waals surface area contributed by atoms with Gasteiger partial charge in [0.25, 0.3) is 11.8 Å². The number of carbonyl (C=O) groups is 2. The first-order valence-electron chi connectivity index (χ1n) is 9.62. The van der Waals surface area contributed by atoms with E-state index in [4.69, 9.17) is 9.15 Å². The second-order valence-corrected chi connectivity index (χ2v) is 6.82.